The van der Waals surface area contributed by atoms with Gasteiger partial charge in [0, 0.05) is 24.7 Å². The van der Waals surface area contributed by atoms with Crippen molar-refractivity contribution in [3.8, 4) is 0 Å². The largest absolute Gasteiger partial charge is 0.457 e. The molecule has 1 amide bonds. The molecule has 1 saturated heterocycles. The van der Waals surface area contributed by atoms with E-state index in [0.717, 1.165) is 29.9 Å². The van der Waals surface area contributed by atoms with E-state index in [-0.39, 0.29) is 24.9 Å². The summed E-state index contributed by atoms with van der Waals surface area (Å²) in [4.78, 5) is 25.3. The molecule has 2 aromatic rings. The Morgan fingerprint density at radius 3 is 2.74 bits per heavy atom. The molecule has 1 aromatic heterocycles. The maximum absolute atomic E-state index is 11.8. The van der Waals surface area contributed by atoms with Crippen molar-refractivity contribution in [3.05, 3.63) is 47.3 Å². The van der Waals surface area contributed by atoms with Crippen LogP contribution in [-0.2, 0) is 27.4 Å². The van der Waals surface area contributed by atoms with Gasteiger partial charge in [-0.3, -0.25) is 9.59 Å². The van der Waals surface area contributed by atoms with Crippen LogP contribution >= 0.6 is 0 Å². The number of esters is 1. The SMILES string of the molecule is Cc1cc(COC(=O)Cc2ccc(N3CCCC3=O)cc2)on1. The molecule has 3 rings (SSSR count). The van der Waals surface area contributed by atoms with E-state index in [2.05, 4.69) is 5.16 Å². The van der Waals surface area contributed by atoms with Gasteiger partial charge in [-0.1, -0.05) is 17.3 Å². The minimum absolute atomic E-state index is 0.0834. The summed E-state index contributed by atoms with van der Waals surface area (Å²) in [5.41, 5.74) is 2.48. The van der Waals surface area contributed by atoms with E-state index in [4.69, 9.17) is 9.26 Å². The van der Waals surface area contributed by atoms with E-state index in [9.17, 15) is 9.59 Å². The monoisotopic (exact) mass is 314 g/mol. The minimum atomic E-state index is -0.330. The Kier molecular flexibility index (Phi) is 4.41. The molecule has 2 heterocycles. The molecule has 0 saturated carbocycles. The molecule has 1 aliphatic rings. The fourth-order valence-corrected chi connectivity index (χ4v) is 2.57. The molecule has 0 spiro atoms. The predicted molar refractivity (Wildman–Crippen MR) is 82.8 cm³/mol. The van der Waals surface area contributed by atoms with Gasteiger partial charge < -0.3 is 14.2 Å². The van der Waals surface area contributed by atoms with Crippen LogP contribution in [0.4, 0.5) is 5.69 Å². The summed E-state index contributed by atoms with van der Waals surface area (Å²) in [5, 5.41) is 3.73. The maximum atomic E-state index is 11.8. The van der Waals surface area contributed by atoms with Crippen molar-refractivity contribution in [3.63, 3.8) is 0 Å². The molecule has 23 heavy (non-hydrogen) atoms. The Morgan fingerprint density at radius 2 is 2.13 bits per heavy atom. The number of rotatable bonds is 5. The Morgan fingerprint density at radius 1 is 1.35 bits per heavy atom. The van der Waals surface area contributed by atoms with Crippen LogP contribution in [0.25, 0.3) is 0 Å². The first-order valence-electron chi connectivity index (χ1n) is 7.59. The van der Waals surface area contributed by atoms with Crippen molar-refractivity contribution in [1.29, 1.82) is 0 Å². The second-order valence-electron chi connectivity index (χ2n) is 5.59. The van der Waals surface area contributed by atoms with E-state index in [1.807, 2.05) is 31.2 Å². The topological polar surface area (TPSA) is 72.6 Å². The summed E-state index contributed by atoms with van der Waals surface area (Å²) in [6.07, 6.45) is 1.69. The van der Waals surface area contributed by atoms with E-state index in [0.29, 0.717) is 12.2 Å². The number of hydrogen-bond donors (Lipinski definition) is 0. The van der Waals surface area contributed by atoms with Crippen LogP contribution in [0, 0.1) is 6.92 Å². The van der Waals surface area contributed by atoms with Gasteiger partial charge in [0.1, 0.15) is 0 Å². The van der Waals surface area contributed by atoms with Crippen LogP contribution in [0.2, 0.25) is 0 Å². The second-order valence-corrected chi connectivity index (χ2v) is 5.59. The molecule has 120 valence electrons. The van der Waals surface area contributed by atoms with Crippen molar-refractivity contribution < 1.29 is 18.8 Å². The number of nitrogens with zero attached hydrogens (tertiary/aromatic N) is 2. The van der Waals surface area contributed by atoms with E-state index >= 15 is 0 Å². The van der Waals surface area contributed by atoms with Gasteiger partial charge >= 0.3 is 5.97 Å². The molecular formula is C17H18N2O4. The Labute approximate surface area is 134 Å². The van der Waals surface area contributed by atoms with Crippen molar-refractivity contribution in [2.45, 2.75) is 32.8 Å². The summed E-state index contributed by atoms with van der Waals surface area (Å²) in [6.45, 7) is 2.65. The molecule has 0 bridgehead atoms. The summed E-state index contributed by atoms with van der Waals surface area (Å²) in [7, 11) is 0. The Bertz CT molecular complexity index is 706. The molecule has 1 aliphatic heterocycles. The molecule has 1 fully saturated rings. The summed E-state index contributed by atoms with van der Waals surface area (Å²) < 4.78 is 10.1. The van der Waals surface area contributed by atoms with Gasteiger partial charge in [0.2, 0.25) is 5.91 Å². The Balaban J connectivity index is 1.53. The van der Waals surface area contributed by atoms with Crippen molar-refractivity contribution in [2.75, 3.05) is 11.4 Å². The number of ether oxygens (including phenoxy) is 1. The molecule has 6 heteroatoms. The first kappa shape index (κ1) is 15.3. The lowest BCUT2D eigenvalue weighted by Crippen LogP contribution is -2.23. The molecular weight excluding hydrogens is 296 g/mol. The number of carbonyl (C=O) groups excluding carboxylic acids is 2. The predicted octanol–water partition coefficient (Wildman–Crippen LogP) is 2.40. The lowest BCUT2D eigenvalue weighted by Gasteiger charge is -2.15. The number of anilines is 1. The standard InChI is InChI=1S/C17H18N2O4/c1-12-9-15(23-18-12)11-22-17(21)10-13-4-6-14(7-5-13)19-8-2-3-16(19)20/h4-7,9H,2-3,8,10-11H2,1H3. The van der Waals surface area contributed by atoms with Crippen molar-refractivity contribution in [1.82, 2.24) is 5.16 Å². The van der Waals surface area contributed by atoms with Gasteiger partial charge in [0.25, 0.3) is 0 Å². The smallest absolute Gasteiger partial charge is 0.310 e. The highest BCUT2D eigenvalue weighted by atomic mass is 16.5. The number of amides is 1. The second kappa shape index (κ2) is 6.64. The van der Waals surface area contributed by atoms with Gasteiger partial charge in [0.05, 0.1) is 12.1 Å². The normalized spacial score (nSPS) is 14.3. The highest BCUT2D eigenvalue weighted by Gasteiger charge is 2.21. The van der Waals surface area contributed by atoms with Crippen LogP contribution in [0.1, 0.15) is 29.9 Å². The van der Waals surface area contributed by atoms with Crippen LogP contribution in [-0.4, -0.2) is 23.6 Å². The lowest BCUT2D eigenvalue weighted by molar-refractivity contribution is -0.144. The Hall–Kier alpha value is -2.63. The summed E-state index contributed by atoms with van der Waals surface area (Å²) in [6, 6.07) is 9.16. The fraction of sp³-hybridized carbons (Fsp3) is 0.353. The van der Waals surface area contributed by atoms with Crippen molar-refractivity contribution in [2.24, 2.45) is 0 Å². The maximum Gasteiger partial charge on any atom is 0.310 e. The fourth-order valence-electron chi connectivity index (χ4n) is 2.57. The quantitative estimate of drug-likeness (QED) is 0.792. The molecule has 0 radical (unpaired) electrons. The number of aromatic nitrogens is 1. The molecule has 0 aliphatic carbocycles. The molecule has 1 aromatic carbocycles. The summed E-state index contributed by atoms with van der Waals surface area (Å²) in [5.74, 6) is 0.349. The third kappa shape index (κ3) is 3.77. The lowest BCUT2D eigenvalue weighted by atomic mass is 10.1. The first-order valence-corrected chi connectivity index (χ1v) is 7.59. The number of aryl methyl sites for hydroxylation is 1. The van der Waals surface area contributed by atoms with Gasteiger partial charge in [-0.25, -0.2) is 0 Å². The van der Waals surface area contributed by atoms with E-state index in [1.54, 1.807) is 11.0 Å². The summed E-state index contributed by atoms with van der Waals surface area (Å²) >= 11 is 0. The minimum Gasteiger partial charge on any atom is -0.457 e. The number of benzene rings is 1. The average Bonchev–Trinajstić information content (AvgIpc) is 3.14. The highest BCUT2D eigenvalue weighted by molar-refractivity contribution is 5.95. The number of hydrogen-bond acceptors (Lipinski definition) is 5. The molecule has 6 nitrogen and oxygen atoms in total. The van der Waals surface area contributed by atoms with E-state index in [1.165, 1.54) is 0 Å². The number of carbonyl (C=O) groups is 2. The van der Waals surface area contributed by atoms with Crippen molar-refractivity contribution >= 4 is 17.6 Å². The van der Waals surface area contributed by atoms with Crippen LogP contribution in [0.15, 0.2) is 34.9 Å². The van der Waals surface area contributed by atoms with Gasteiger partial charge in [0.15, 0.2) is 12.4 Å². The van der Waals surface area contributed by atoms with E-state index < -0.39 is 0 Å². The van der Waals surface area contributed by atoms with Crippen LogP contribution in [0.5, 0.6) is 0 Å². The van der Waals surface area contributed by atoms with Gasteiger partial charge in [-0.2, -0.15) is 0 Å². The van der Waals surface area contributed by atoms with Crippen LogP contribution < -0.4 is 4.90 Å². The van der Waals surface area contributed by atoms with Gasteiger partial charge in [-0.15, -0.1) is 0 Å². The highest BCUT2D eigenvalue weighted by Crippen LogP contribution is 2.21. The van der Waals surface area contributed by atoms with Crippen LogP contribution in [0.3, 0.4) is 0 Å². The zero-order chi connectivity index (χ0) is 16.2. The third-order valence-corrected chi connectivity index (χ3v) is 3.72. The molecule has 0 unspecified atom stereocenters. The zero-order valence-corrected chi connectivity index (χ0v) is 12.9. The first-order chi connectivity index (χ1) is 11.1. The zero-order valence-electron chi connectivity index (χ0n) is 12.9. The molecule has 0 atom stereocenters. The van der Waals surface area contributed by atoms with Gasteiger partial charge in [-0.05, 0) is 31.0 Å². The molecule has 0 N–H and O–H groups in total. The average molecular weight is 314 g/mol. The third-order valence-electron chi connectivity index (χ3n) is 3.72.